The second-order valence-corrected chi connectivity index (χ2v) is 9.97. The standard InChI is InChI=1S/C21H23NO4S2/c1-14(11-13-28(3,24)25)6-4-5-7-15-18(26-2)9-8-17-19(15)16-10-12-27-20(16)21(23)22-17/h5,7-10,12H,1,4,6,11,13H2,2-3H3,(H,22,23)/b7-5+. The number of pyridine rings is 1. The van der Waals surface area contributed by atoms with Gasteiger partial charge < -0.3 is 9.72 Å². The summed E-state index contributed by atoms with van der Waals surface area (Å²) in [6, 6.07) is 5.67. The third-order valence-electron chi connectivity index (χ3n) is 4.59. The summed E-state index contributed by atoms with van der Waals surface area (Å²) in [6.45, 7) is 3.97. The summed E-state index contributed by atoms with van der Waals surface area (Å²) in [5, 5.41) is 3.79. The van der Waals surface area contributed by atoms with Gasteiger partial charge in [-0.1, -0.05) is 24.3 Å². The molecule has 2 heterocycles. The summed E-state index contributed by atoms with van der Waals surface area (Å²) >= 11 is 1.42. The van der Waals surface area contributed by atoms with Gasteiger partial charge in [-0.3, -0.25) is 4.79 Å². The van der Waals surface area contributed by atoms with E-state index in [-0.39, 0.29) is 11.3 Å². The van der Waals surface area contributed by atoms with Gasteiger partial charge in [0.25, 0.3) is 5.56 Å². The number of rotatable bonds is 8. The van der Waals surface area contributed by atoms with Crippen LogP contribution in [-0.4, -0.2) is 32.5 Å². The molecule has 0 amide bonds. The molecule has 0 atom stereocenters. The molecule has 0 aliphatic carbocycles. The van der Waals surface area contributed by atoms with Crippen LogP contribution in [0.2, 0.25) is 0 Å². The van der Waals surface area contributed by atoms with Crippen LogP contribution in [0.3, 0.4) is 0 Å². The predicted octanol–water partition coefficient (Wildman–Crippen LogP) is 4.54. The van der Waals surface area contributed by atoms with Crippen molar-refractivity contribution < 1.29 is 13.2 Å². The fraction of sp³-hybridized carbons (Fsp3) is 0.286. The first-order valence-electron chi connectivity index (χ1n) is 8.91. The monoisotopic (exact) mass is 417 g/mol. The molecule has 0 bridgehead atoms. The molecule has 0 saturated carbocycles. The van der Waals surface area contributed by atoms with Crippen LogP contribution in [-0.2, 0) is 9.84 Å². The molecule has 2 aromatic heterocycles. The van der Waals surface area contributed by atoms with E-state index in [9.17, 15) is 13.2 Å². The number of aromatic nitrogens is 1. The molecule has 3 aromatic rings. The molecule has 0 unspecified atom stereocenters. The Morgan fingerprint density at radius 2 is 2.07 bits per heavy atom. The van der Waals surface area contributed by atoms with E-state index in [0.717, 1.165) is 46.0 Å². The van der Waals surface area contributed by atoms with Gasteiger partial charge in [-0.05, 0) is 42.8 Å². The van der Waals surface area contributed by atoms with Gasteiger partial charge in [0.05, 0.1) is 12.9 Å². The molecule has 0 radical (unpaired) electrons. The van der Waals surface area contributed by atoms with E-state index in [0.29, 0.717) is 11.1 Å². The maximum Gasteiger partial charge on any atom is 0.266 e. The average Bonchev–Trinajstić information content (AvgIpc) is 3.13. The molecule has 0 aliphatic rings. The third kappa shape index (κ3) is 4.54. The summed E-state index contributed by atoms with van der Waals surface area (Å²) in [7, 11) is -1.34. The molecule has 28 heavy (non-hydrogen) atoms. The van der Waals surface area contributed by atoms with Crippen molar-refractivity contribution in [1.29, 1.82) is 0 Å². The van der Waals surface area contributed by atoms with Crippen molar-refractivity contribution in [2.75, 3.05) is 19.1 Å². The van der Waals surface area contributed by atoms with E-state index in [1.54, 1.807) is 7.11 Å². The number of nitrogens with one attached hydrogen (secondary N) is 1. The van der Waals surface area contributed by atoms with E-state index in [2.05, 4.69) is 11.6 Å². The molecule has 5 nitrogen and oxygen atoms in total. The van der Waals surface area contributed by atoms with Crippen LogP contribution < -0.4 is 10.3 Å². The first-order chi connectivity index (χ1) is 13.3. The minimum atomic E-state index is -2.97. The maximum absolute atomic E-state index is 12.2. The summed E-state index contributed by atoms with van der Waals surface area (Å²) < 4.78 is 28.8. The quantitative estimate of drug-likeness (QED) is 0.546. The number of hydrogen-bond donors (Lipinski definition) is 1. The number of ether oxygens (including phenoxy) is 1. The van der Waals surface area contributed by atoms with Gasteiger partial charge in [-0.2, -0.15) is 0 Å². The van der Waals surface area contributed by atoms with Gasteiger partial charge in [0, 0.05) is 28.1 Å². The van der Waals surface area contributed by atoms with Crippen molar-refractivity contribution >= 4 is 48.2 Å². The fourth-order valence-electron chi connectivity index (χ4n) is 3.14. The predicted molar refractivity (Wildman–Crippen MR) is 118 cm³/mol. The lowest BCUT2D eigenvalue weighted by Crippen LogP contribution is -2.05. The lowest BCUT2D eigenvalue weighted by molar-refractivity contribution is 0.414. The smallest absolute Gasteiger partial charge is 0.266 e. The molecule has 0 fully saturated rings. The molecule has 1 N–H and O–H groups in total. The Morgan fingerprint density at radius 3 is 2.79 bits per heavy atom. The van der Waals surface area contributed by atoms with Crippen molar-refractivity contribution in [3.63, 3.8) is 0 Å². The van der Waals surface area contributed by atoms with Crippen molar-refractivity contribution in [1.82, 2.24) is 4.98 Å². The minimum Gasteiger partial charge on any atom is -0.496 e. The summed E-state index contributed by atoms with van der Waals surface area (Å²) in [4.78, 5) is 15.2. The highest BCUT2D eigenvalue weighted by Crippen LogP contribution is 2.34. The zero-order valence-electron chi connectivity index (χ0n) is 15.9. The molecule has 0 saturated heterocycles. The van der Waals surface area contributed by atoms with E-state index >= 15 is 0 Å². The minimum absolute atomic E-state index is 0.0835. The van der Waals surface area contributed by atoms with Crippen LogP contribution in [0, 0.1) is 0 Å². The zero-order chi connectivity index (χ0) is 20.3. The number of benzene rings is 1. The lowest BCUT2D eigenvalue weighted by atomic mass is 10.0. The van der Waals surface area contributed by atoms with Crippen molar-refractivity contribution in [3.8, 4) is 5.75 Å². The summed E-state index contributed by atoms with van der Waals surface area (Å²) in [5.41, 5.74) is 2.53. The average molecular weight is 418 g/mol. The van der Waals surface area contributed by atoms with E-state index in [1.807, 2.05) is 35.7 Å². The van der Waals surface area contributed by atoms with Gasteiger partial charge in [0.15, 0.2) is 0 Å². The van der Waals surface area contributed by atoms with Gasteiger partial charge in [0.2, 0.25) is 0 Å². The largest absolute Gasteiger partial charge is 0.496 e. The number of thiophene rings is 1. The van der Waals surface area contributed by atoms with Crippen molar-refractivity contribution in [2.45, 2.75) is 19.3 Å². The molecular weight excluding hydrogens is 394 g/mol. The van der Waals surface area contributed by atoms with Crippen LogP contribution >= 0.6 is 11.3 Å². The second-order valence-electron chi connectivity index (χ2n) is 6.79. The lowest BCUT2D eigenvalue weighted by Gasteiger charge is -2.10. The fourth-order valence-corrected chi connectivity index (χ4v) is 4.60. The Balaban J connectivity index is 1.88. The Morgan fingerprint density at radius 1 is 1.29 bits per heavy atom. The Kier molecular flexibility index (Phi) is 6.05. The number of aromatic amines is 1. The van der Waals surface area contributed by atoms with E-state index in [4.69, 9.17) is 4.74 Å². The Labute approximate surface area is 168 Å². The highest BCUT2D eigenvalue weighted by atomic mass is 32.2. The first-order valence-corrected chi connectivity index (χ1v) is 11.9. The molecule has 0 spiro atoms. The zero-order valence-corrected chi connectivity index (χ0v) is 17.6. The van der Waals surface area contributed by atoms with Crippen molar-refractivity contribution in [3.05, 3.63) is 57.7 Å². The molecule has 3 rings (SSSR count). The second kappa shape index (κ2) is 8.32. The molecule has 0 aliphatic heterocycles. The number of H-pyrrole nitrogens is 1. The molecule has 1 aromatic carbocycles. The van der Waals surface area contributed by atoms with Crippen LogP contribution in [0.25, 0.3) is 27.1 Å². The van der Waals surface area contributed by atoms with Gasteiger partial charge in [0.1, 0.15) is 20.3 Å². The first kappa shape index (κ1) is 20.4. The van der Waals surface area contributed by atoms with Gasteiger partial charge in [-0.15, -0.1) is 11.3 Å². The van der Waals surface area contributed by atoms with Crippen LogP contribution in [0.5, 0.6) is 5.75 Å². The van der Waals surface area contributed by atoms with Crippen LogP contribution in [0.4, 0.5) is 0 Å². The summed E-state index contributed by atoms with van der Waals surface area (Å²) in [6.07, 6.45) is 7.23. The highest BCUT2D eigenvalue weighted by Gasteiger charge is 2.12. The Hall–Kier alpha value is -2.38. The van der Waals surface area contributed by atoms with Crippen LogP contribution in [0.1, 0.15) is 24.8 Å². The SMILES string of the molecule is C=C(CC/C=C/c1c(OC)ccc2[nH]c(=O)c3sccc3c12)CCS(C)(=O)=O. The maximum atomic E-state index is 12.2. The molecule has 7 heteroatoms. The van der Waals surface area contributed by atoms with Crippen molar-refractivity contribution in [2.24, 2.45) is 0 Å². The van der Waals surface area contributed by atoms with Crippen LogP contribution in [0.15, 0.2) is 46.6 Å². The number of methoxy groups -OCH3 is 1. The van der Waals surface area contributed by atoms with E-state index < -0.39 is 9.84 Å². The molecule has 148 valence electrons. The normalized spacial score (nSPS) is 12.2. The third-order valence-corrected chi connectivity index (χ3v) is 6.45. The number of sulfone groups is 1. The van der Waals surface area contributed by atoms with Gasteiger partial charge in [-0.25, -0.2) is 8.42 Å². The Bertz CT molecular complexity index is 1220. The van der Waals surface area contributed by atoms with E-state index in [1.165, 1.54) is 17.6 Å². The van der Waals surface area contributed by atoms with Gasteiger partial charge >= 0.3 is 0 Å². The topological polar surface area (TPSA) is 76.2 Å². The summed E-state index contributed by atoms with van der Waals surface area (Å²) in [5.74, 6) is 0.870. The number of allylic oxidation sites excluding steroid dienone is 2. The number of fused-ring (bicyclic) bond motifs is 3. The highest BCUT2D eigenvalue weighted by molar-refractivity contribution is 7.90. The number of hydrogen-bond acceptors (Lipinski definition) is 5. The molecular formula is C21H23NO4S2.